The normalized spacial score (nSPS) is 10.3. The Hall–Kier alpha value is -1.81. The average molecular weight is 348 g/mol. The molecule has 3 nitrogen and oxygen atoms in total. The molecular weight excluding hydrogens is 330 g/mol. The number of halogens is 1. The molecule has 0 aromatic heterocycles. The third-order valence-corrected chi connectivity index (χ3v) is 3.81. The second kappa shape index (κ2) is 6.76. The van der Waals surface area contributed by atoms with Gasteiger partial charge >= 0.3 is 0 Å². The largest absolute Gasteiger partial charge is 0.496 e. The van der Waals surface area contributed by atoms with Crippen LogP contribution in [0.1, 0.15) is 27.0 Å². The van der Waals surface area contributed by atoms with Crippen molar-refractivity contribution in [1.29, 1.82) is 0 Å². The smallest absolute Gasteiger partial charge is 0.251 e. The number of hydrogen-bond donors (Lipinski definition) is 1. The molecule has 0 aliphatic rings. The summed E-state index contributed by atoms with van der Waals surface area (Å²) in [6.45, 7) is 4.34. The zero-order valence-electron chi connectivity index (χ0n) is 12.4. The lowest BCUT2D eigenvalue weighted by Gasteiger charge is -2.12. The Morgan fingerprint density at radius 2 is 1.95 bits per heavy atom. The van der Waals surface area contributed by atoms with E-state index in [1.807, 2.05) is 50.2 Å². The van der Waals surface area contributed by atoms with Crippen LogP contribution >= 0.6 is 15.9 Å². The van der Waals surface area contributed by atoms with E-state index in [2.05, 4.69) is 21.2 Å². The van der Waals surface area contributed by atoms with Crippen LogP contribution in [-0.4, -0.2) is 13.0 Å². The van der Waals surface area contributed by atoms with Crippen molar-refractivity contribution in [2.24, 2.45) is 0 Å². The Labute approximate surface area is 133 Å². The first-order valence-electron chi connectivity index (χ1n) is 6.69. The highest BCUT2D eigenvalue weighted by Crippen LogP contribution is 2.23. The van der Waals surface area contributed by atoms with E-state index >= 15 is 0 Å². The van der Waals surface area contributed by atoms with E-state index in [0.29, 0.717) is 12.1 Å². The number of aryl methyl sites for hydroxylation is 2. The number of methoxy groups -OCH3 is 1. The Bertz CT molecular complexity index is 668. The number of benzene rings is 2. The van der Waals surface area contributed by atoms with Gasteiger partial charge < -0.3 is 10.1 Å². The molecule has 0 fully saturated rings. The van der Waals surface area contributed by atoms with Gasteiger partial charge in [0.2, 0.25) is 0 Å². The Balaban J connectivity index is 2.14. The maximum Gasteiger partial charge on any atom is 0.251 e. The summed E-state index contributed by atoms with van der Waals surface area (Å²) < 4.78 is 6.27. The Morgan fingerprint density at radius 3 is 2.67 bits per heavy atom. The maximum atomic E-state index is 12.3. The fraction of sp³-hybridized carbons (Fsp3) is 0.235. The predicted octanol–water partition coefficient (Wildman–Crippen LogP) is 4.00. The van der Waals surface area contributed by atoms with Gasteiger partial charge in [-0.05, 0) is 43.7 Å². The van der Waals surface area contributed by atoms with Crippen LogP contribution in [0.3, 0.4) is 0 Å². The summed E-state index contributed by atoms with van der Waals surface area (Å²) in [6.07, 6.45) is 0. The third kappa shape index (κ3) is 3.85. The third-order valence-electron chi connectivity index (χ3n) is 3.32. The van der Waals surface area contributed by atoms with Crippen molar-refractivity contribution in [3.05, 3.63) is 63.1 Å². The number of amides is 1. The summed E-state index contributed by atoms with van der Waals surface area (Å²) in [5.41, 5.74) is 3.69. The molecule has 2 rings (SSSR count). The van der Waals surface area contributed by atoms with E-state index < -0.39 is 0 Å². The molecule has 0 atom stereocenters. The minimum Gasteiger partial charge on any atom is -0.496 e. The maximum absolute atomic E-state index is 12.3. The first-order valence-corrected chi connectivity index (χ1v) is 7.48. The van der Waals surface area contributed by atoms with Crippen molar-refractivity contribution in [3.63, 3.8) is 0 Å². The molecule has 0 saturated heterocycles. The molecule has 110 valence electrons. The number of hydrogen-bond acceptors (Lipinski definition) is 2. The number of carbonyl (C=O) groups excluding carboxylic acids is 1. The summed E-state index contributed by atoms with van der Waals surface area (Å²) in [5, 5.41) is 2.95. The van der Waals surface area contributed by atoms with Gasteiger partial charge in [-0.1, -0.05) is 33.6 Å². The highest BCUT2D eigenvalue weighted by atomic mass is 79.9. The summed E-state index contributed by atoms with van der Waals surface area (Å²) in [7, 11) is 1.62. The zero-order valence-corrected chi connectivity index (χ0v) is 14.0. The van der Waals surface area contributed by atoms with E-state index in [1.54, 1.807) is 7.11 Å². The van der Waals surface area contributed by atoms with Gasteiger partial charge in [-0.25, -0.2) is 0 Å². The first kappa shape index (κ1) is 15.6. The molecule has 21 heavy (non-hydrogen) atoms. The Morgan fingerprint density at radius 1 is 1.19 bits per heavy atom. The monoisotopic (exact) mass is 347 g/mol. The van der Waals surface area contributed by atoms with Crippen LogP contribution in [0.25, 0.3) is 0 Å². The standard InChI is InChI=1S/C17H18BrNO2/c1-11-4-5-12(2)15(8-11)17(20)19-10-13-9-14(18)6-7-16(13)21-3/h4-9H,10H2,1-3H3,(H,19,20). The lowest BCUT2D eigenvalue weighted by atomic mass is 10.0. The van der Waals surface area contributed by atoms with Gasteiger partial charge in [0, 0.05) is 22.1 Å². The molecule has 1 N–H and O–H groups in total. The molecule has 0 aliphatic carbocycles. The van der Waals surface area contributed by atoms with Gasteiger partial charge in [-0.2, -0.15) is 0 Å². The number of rotatable bonds is 4. The van der Waals surface area contributed by atoms with Crippen molar-refractivity contribution in [1.82, 2.24) is 5.32 Å². The van der Waals surface area contributed by atoms with E-state index in [1.165, 1.54) is 0 Å². The minimum absolute atomic E-state index is 0.0711. The van der Waals surface area contributed by atoms with Gasteiger partial charge in [0.05, 0.1) is 7.11 Å². The van der Waals surface area contributed by atoms with Crippen molar-refractivity contribution < 1.29 is 9.53 Å². The van der Waals surface area contributed by atoms with Crippen molar-refractivity contribution in [2.45, 2.75) is 20.4 Å². The van der Waals surface area contributed by atoms with Crippen LogP contribution in [0, 0.1) is 13.8 Å². The van der Waals surface area contributed by atoms with E-state index in [0.717, 1.165) is 26.9 Å². The zero-order chi connectivity index (χ0) is 15.4. The summed E-state index contributed by atoms with van der Waals surface area (Å²) >= 11 is 3.43. The molecule has 0 unspecified atom stereocenters. The van der Waals surface area contributed by atoms with Gasteiger partial charge in [-0.15, -0.1) is 0 Å². The topological polar surface area (TPSA) is 38.3 Å². The minimum atomic E-state index is -0.0711. The van der Waals surface area contributed by atoms with Crippen LogP contribution in [0.5, 0.6) is 5.75 Å². The fourth-order valence-corrected chi connectivity index (χ4v) is 2.54. The van der Waals surface area contributed by atoms with E-state index in [4.69, 9.17) is 4.74 Å². The summed E-state index contributed by atoms with van der Waals surface area (Å²) in [5.74, 6) is 0.692. The molecule has 0 heterocycles. The van der Waals surface area contributed by atoms with Crippen LogP contribution < -0.4 is 10.1 Å². The lowest BCUT2D eigenvalue weighted by Crippen LogP contribution is -2.24. The second-order valence-corrected chi connectivity index (χ2v) is 5.87. The van der Waals surface area contributed by atoms with Crippen LogP contribution in [0.15, 0.2) is 40.9 Å². The number of ether oxygens (including phenoxy) is 1. The summed E-state index contributed by atoms with van der Waals surface area (Å²) in [6, 6.07) is 11.6. The molecule has 0 radical (unpaired) electrons. The molecule has 2 aromatic rings. The number of nitrogens with one attached hydrogen (secondary N) is 1. The molecule has 0 bridgehead atoms. The molecule has 1 amide bonds. The van der Waals surface area contributed by atoms with Crippen molar-refractivity contribution in [2.75, 3.05) is 7.11 Å². The van der Waals surface area contributed by atoms with Gasteiger partial charge in [0.15, 0.2) is 0 Å². The predicted molar refractivity (Wildman–Crippen MR) is 87.8 cm³/mol. The average Bonchev–Trinajstić information content (AvgIpc) is 2.47. The van der Waals surface area contributed by atoms with Gasteiger partial charge in [0.1, 0.15) is 5.75 Å². The van der Waals surface area contributed by atoms with Crippen LogP contribution in [-0.2, 0) is 6.54 Å². The SMILES string of the molecule is COc1ccc(Br)cc1CNC(=O)c1cc(C)ccc1C. The lowest BCUT2D eigenvalue weighted by molar-refractivity contribution is 0.0950. The quantitative estimate of drug-likeness (QED) is 0.907. The molecule has 2 aromatic carbocycles. The highest BCUT2D eigenvalue weighted by Gasteiger charge is 2.10. The Kier molecular flexibility index (Phi) is 5.02. The van der Waals surface area contributed by atoms with E-state index in [-0.39, 0.29) is 5.91 Å². The molecular formula is C17H18BrNO2. The highest BCUT2D eigenvalue weighted by molar-refractivity contribution is 9.10. The van der Waals surface area contributed by atoms with Gasteiger partial charge in [0.25, 0.3) is 5.91 Å². The number of carbonyl (C=O) groups is 1. The fourth-order valence-electron chi connectivity index (χ4n) is 2.14. The molecule has 0 aliphatic heterocycles. The van der Waals surface area contributed by atoms with Gasteiger partial charge in [-0.3, -0.25) is 4.79 Å². The molecule has 0 saturated carbocycles. The molecule has 0 spiro atoms. The second-order valence-electron chi connectivity index (χ2n) is 4.96. The van der Waals surface area contributed by atoms with Crippen LogP contribution in [0.4, 0.5) is 0 Å². The van der Waals surface area contributed by atoms with Crippen molar-refractivity contribution >= 4 is 21.8 Å². The molecule has 4 heteroatoms. The van der Waals surface area contributed by atoms with Crippen molar-refractivity contribution in [3.8, 4) is 5.75 Å². The first-order chi connectivity index (χ1) is 10.0. The van der Waals surface area contributed by atoms with Crippen LogP contribution in [0.2, 0.25) is 0 Å². The summed E-state index contributed by atoms with van der Waals surface area (Å²) in [4.78, 5) is 12.3. The van der Waals surface area contributed by atoms with E-state index in [9.17, 15) is 4.79 Å².